The number of rotatable bonds is 3. The number of halogens is 1. The number of carboxylic acids is 1. The van der Waals surface area contributed by atoms with Crippen LogP contribution in [-0.2, 0) is 9.53 Å². The second-order valence-corrected chi connectivity index (χ2v) is 3.42. The highest BCUT2D eigenvalue weighted by Gasteiger charge is 2.23. The number of carbonyl (C=O) groups excluding carboxylic acids is 1. The first-order valence-electron chi connectivity index (χ1n) is 4.67. The maximum Gasteiger partial charge on any atom is 0.339 e. The first-order chi connectivity index (χ1) is 7.88. The molecule has 92 valence electrons. The molecule has 0 bridgehead atoms. The molecule has 0 saturated carbocycles. The molecular formula is C11H11FO5. The molecule has 0 saturated heterocycles. The van der Waals surface area contributed by atoms with Crippen molar-refractivity contribution in [3.63, 3.8) is 0 Å². The van der Waals surface area contributed by atoms with Crippen LogP contribution in [0.4, 0.5) is 4.39 Å². The van der Waals surface area contributed by atoms with Crippen LogP contribution < -0.4 is 0 Å². The zero-order valence-electron chi connectivity index (χ0n) is 9.23. The van der Waals surface area contributed by atoms with Crippen molar-refractivity contribution in [2.45, 2.75) is 13.0 Å². The van der Waals surface area contributed by atoms with Gasteiger partial charge in [-0.2, -0.15) is 0 Å². The van der Waals surface area contributed by atoms with Crippen molar-refractivity contribution in [1.29, 1.82) is 0 Å². The topological polar surface area (TPSA) is 83.8 Å². The van der Waals surface area contributed by atoms with Crippen LogP contribution >= 0.6 is 0 Å². The summed E-state index contributed by atoms with van der Waals surface area (Å²) in [6.07, 6.45) is -1.63. The number of aliphatic hydroxyl groups is 1. The number of benzene rings is 1. The number of aryl methyl sites for hydroxylation is 1. The third-order valence-corrected chi connectivity index (χ3v) is 2.31. The van der Waals surface area contributed by atoms with Gasteiger partial charge >= 0.3 is 11.9 Å². The maximum absolute atomic E-state index is 13.2. The Balaban J connectivity index is 3.29. The Labute approximate surface area is 96.4 Å². The van der Waals surface area contributed by atoms with E-state index in [0.717, 1.165) is 19.2 Å². The molecule has 0 aliphatic carbocycles. The van der Waals surface area contributed by atoms with Gasteiger partial charge in [0.15, 0.2) is 6.10 Å². The number of carboxylic acid groups (broad SMARTS) is 1. The van der Waals surface area contributed by atoms with Gasteiger partial charge in [-0.15, -0.1) is 0 Å². The highest BCUT2D eigenvalue weighted by atomic mass is 19.1. The van der Waals surface area contributed by atoms with Gasteiger partial charge in [-0.1, -0.05) is 0 Å². The Morgan fingerprint density at radius 2 is 2.00 bits per heavy atom. The van der Waals surface area contributed by atoms with Crippen LogP contribution in [0.2, 0.25) is 0 Å². The highest BCUT2D eigenvalue weighted by molar-refractivity contribution is 5.89. The quantitative estimate of drug-likeness (QED) is 0.773. The summed E-state index contributed by atoms with van der Waals surface area (Å²) in [6.45, 7) is 1.45. The molecule has 2 N–H and O–H groups in total. The molecule has 0 aliphatic rings. The van der Waals surface area contributed by atoms with Gasteiger partial charge in [0.25, 0.3) is 0 Å². The van der Waals surface area contributed by atoms with Crippen LogP contribution in [0, 0.1) is 12.7 Å². The summed E-state index contributed by atoms with van der Waals surface area (Å²) in [4.78, 5) is 21.8. The number of esters is 1. The molecule has 1 unspecified atom stereocenters. The monoisotopic (exact) mass is 242 g/mol. The number of aliphatic hydroxyl groups excluding tert-OH is 1. The Kier molecular flexibility index (Phi) is 3.80. The van der Waals surface area contributed by atoms with Crippen molar-refractivity contribution in [3.8, 4) is 0 Å². The molecule has 6 heteroatoms. The fourth-order valence-electron chi connectivity index (χ4n) is 1.39. The summed E-state index contributed by atoms with van der Waals surface area (Å²) in [5.74, 6) is -3.33. The average Bonchev–Trinajstić information content (AvgIpc) is 2.26. The Morgan fingerprint density at radius 1 is 1.41 bits per heavy atom. The molecule has 0 aliphatic heterocycles. The van der Waals surface area contributed by atoms with Crippen LogP contribution in [0.15, 0.2) is 12.1 Å². The highest BCUT2D eigenvalue weighted by Crippen LogP contribution is 2.22. The summed E-state index contributed by atoms with van der Waals surface area (Å²) in [7, 11) is 1.09. The molecule has 5 nitrogen and oxygen atoms in total. The van der Waals surface area contributed by atoms with E-state index in [-0.39, 0.29) is 11.1 Å². The number of aromatic carboxylic acids is 1. The zero-order chi connectivity index (χ0) is 13.2. The molecule has 0 spiro atoms. The normalized spacial score (nSPS) is 12.0. The lowest BCUT2D eigenvalue weighted by Crippen LogP contribution is -2.16. The molecule has 0 heterocycles. The zero-order valence-corrected chi connectivity index (χ0v) is 9.23. The van der Waals surface area contributed by atoms with E-state index in [1.54, 1.807) is 0 Å². The van der Waals surface area contributed by atoms with Crippen molar-refractivity contribution in [3.05, 3.63) is 34.6 Å². The molecule has 0 radical (unpaired) electrons. The van der Waals surface area contributed by atoms with Gasteiger partial charge in [-0.05, 0) is 30.2 Å². The molecular weight excluding hydrogens is 231 g/mol. The van der Waals surface area contributed by atoms with Crippen LogP contribution in [-0.4, -0.2) is 29.3 Å². The van der Waals surface area contributed by atoms with E-state index in [1.165, 1.54) is 6.92 Å². The molecule has 1 rings (SSSR count). The number of hydrogen-bond donors (Lipinski definition) is 2. The number of ether oxygens (including phenoxy) is 1. The standard InChI is InChI=1S/C11H11FO5/c1-5-3-8(12)7(10(14)15)4-6(5)9(13)11(16)17-2/h3-4,9,13H,1-2H3,(H,14,15). The molecule has 1 aromatic carbocycles. The van der Waals surface area contributed by atoms with Gasteiger partial charge in [-0.3, -0.25) is 0 Å². The van der Waals surface area contributed by atoms with Gasteiger partial charge in [0.05, 0.1) is 12.7 Å². The molecule has 1 aromatic rings. The fraction of sp³-hybridized carbons (Fsp3) is 0.273. The number of hydrogen-bond acceptors (Lipinski definition) is 4. The molecule has 0 fully saturated rings. The number of methoxy groups -OCH3 is 1. The minimum absolute atomic E-state index is 0.00986. The van der Waals surface area contributed by atoms with Gasteiger partial charge in [0, 0.05) is 0 Å². The van der Waals surface area contributed by atoms with Crippen LogP contribution in [0.5, 0.6) is 0 Å². The van der Waals surface area contributed by atoms with Crippen molar-refractivity contribution in [2.24, 2.45) is 0 Å². The fourth-order valence-corrected chi connectivity index (χ4v) is 1.39. The Bertz CT molecular complexity index is 469. The summed E-state index contributed by atoms with van der Waals surface area (Å²) in [5.41, 5.74) is -0.324. The minimum atomic E-state index is -1.63. The minimum Gasteiger partial charge on any atom is -0.478 e. The summed E-state index contributed by atoms with van der Waals surface area (Å²) < 4.78 is 17.6. The molecule has 17 heavy (non-hydrogen) atoms. The molecule has 1 atom stereocenters. The summed E-state index contributed by atoms with van der Waals surface area (Å²) in [6, 6.07) is 1.87. The van der Waals surface area contributed by atoms with E-state index in [2.05, 4.69) is 4.74 Å². The number of carbonyl (C=O) groups is 2. The van der Waals surface area contributed by atoms with Gasteiger partial charge in [0.1, 0.15) is 5.82 Å². The smallest absolute Gasteiger partial charge is 0.339 e. The summed E-state index contributed by atoms with van der Waals surface area (Å²) in [5, 5.41) is 18.3. The van der Waals surface area contributed by atoms with E-state index in [4.69, 9.17) is 5.11 Å². The van der Waals surface area contributed by atoms with Crippen LogP contribution in [0.3, 0.4) is 0 Å². The summed E-state index contributed by atoms with van der Waals surface area (Å²) >= 11 is 0. The van der Waals surface area contributed by atoms with Crippen molar-refractivity contribution < 1.29 is 28.9 Å². The average molecular weight is 242 g/mol. The largest absolute Gasteiger partial charge is 0.478 e. The SMILES string of the molecule is COC(=O)C(O)c1cc(C(=O)O)c(F)cc1C. The van der Waals surface area contributed by atoms with E-state index in [0.29, 0.717) is 0 Å². The van der Waals surface area contributed by atoms with E-state index < -0.39 is 29.4 Å². The predicted octanol–water partition coefficient (Wildman–Crippen LogP) is 1.04. The van der Waals surface area contributed by atoms with Crippen LogP contribution in [0.25, 0.3) is 0 Å². The van der Waals surface area contributed by atoms with Crippen molar-refractivity contribution in [2.75, 3.05) is 7.11 Å². The van der Waals surface area contributed by atoms with E-state index >= 15 is 0 Å². The van der Waals surface area contributed by atoms with E-state index in [1.807, 2.05) is 0 Å². The van der Waals surface area contributed by atoms with E-state index in [9.17, 15) is 19.1 Å². The molecule has 0 aromatic heterocycles. The second-order valence-electron chi connectivity index (χ2n) is 3.42. The first kappa shape index (κ1) is 13.1. The molecule has 0 amide bonds. The lowest BCUT2D eigenvalue weighted by Gasteiger charge is -2.12. The van der Waals surface area contributed by atoms with Gasteiger partial charge in [0.2, 0.25) is 0 Å². The Hall–Kier alpha value is -1.95. The van der Waals surface area contributed by atoms with Gasteiger partial charge in [-0.25, -0.2) is 14.0 Å². The maximum atomic E-state index is 13.2. The second kappa shape index (κ2) is 4.92. The van der Waals surface area contributed by atoms with Crippen LogP contribution in [0.1, 0.15) is 27.6 Å². The lowest BCUT2D eigenvalue weighted by molar-refractivity contribution is -0.150. The van der Waals surface area contributed by atoms with Gasteiger partial charge < -0.3 is 14.9 Å². The third-order valence-electron chi connectivity index (χ3n) is 2.31. The third kappa shape index (κ3) is 2.59. The lowest BCUT2D eigenvalue weighted by atomic mass is 10.00. The Morgan fingerprint density at radius 3 is 2.47 bits per heavy atom. The van der Waals surface area contributed by atoms with Crippen molar-refractivity contribution in [1.82, 2.24) is 0 Å². The first-order valence-corrected chi connectivity index (χ1v) is 4.67. The predicted molar refractivity (Wildman–Crippen MR) is 55.1 cm³/mol. The van der Waals surface area contributed by atoms with Crippen molar-refractivity contribution >= 4 is 11.9 Å².